The highest BCUT2D eigenvalue weighted by molar-refractivity contribution is 5.26. The lowest BCUT2D eigenvalue weighted by atomic mass is 10.0. The van der Waals surface area contributed by atoms with Crippen LogP contribution in [0.1, 0.15) is 63.1 Å². The molecule has 0 spiro atoms. The Hall–Kier alpha value is -1.00. The molecule has 1 unspecified atom stereocenters. The van der Waals surface area contributed by atoms with Crippen LogP contribution in [-0.2, 0) is 0 Å². The lowest BCUT2D eigenvalue weighted by molar-refractivity contribution is 0.151. The Morgan fingerprint density at radius 2 is 1.43 bits per heavy atom. The third-order valence-corrected chi connectivity index (χ3v) is 3.84. The lowest BCUT2D eigenvalue weighted by Crippen LogP contribution is -2.35. The van der Waals surface area contributed by atoms with Gasteiger partial charge in [0.1, 0.15) is 0 Å². The van der Waals surface area contributed by atoms with Gasteiger partial charge in [0, 0.05) is 18.2 Å². The Morgan fingerprint density at radius 1 is 0.952 bits per heavy atom. The van der Waals surface area contributed by atoms with Gasteiger partial charge in [-0.1, -0.05) is 51.0 Å². The summed E-state index contributed by atoms with van der Waals surface area (Å²) >= 11 is 0. The van der Waals surface area contributed by atoms with E-state index in [9.17, 15) is 8.78 Å². The van der Waals surface area contributed by atoms with Gasteiger partial charge in [-0.25, -0.2) is 8.78 Å². The zero-order chi connectivity index (χ0) is 15.7. The summed E-state index contributed by atoms with van der Waals surface area (Å²) in [5.74, 6) is 0. The molecule has 1 rings (SSSR count). The van der Waals surface area contributed by atoms with Gasteiger partial charge in [0.25, 0.3) is 6.43 Å². The van der Waals surface area contributed by atoms with Crippen LogP contribution in [0.2, 0.25) is 0 Å². The minimum atomic E-state index is -2.41. The van der Waals surface area contributed by atoms with Gasteiger partial charge >= 0.3 is 0 Å². The molecule has 1 aromatic carbocycles. The fourth-order valence-electron chi connectivity index (χ4n) is 2.51. The summed E-state index contributed by atoms with van der Waals surface area (Å²) in [6.45, 7) is 6.88. The van der Waals surface area contributed by atoms with Gasteiger partial charge in [-0.2, -0.15) is 0 Å². The fourth-order valence-corrected chi connectivity index (χ4v) is 2.51. The van der Waals surface area contributed by atoms with Gasteiger partial charge in [-0.3, -0.25) is 4.90 Å². The van der Waals surface area contributed by atoms with Gasteiger partial charge in [0.15, 0.2) is 0 Å². The number of nitrogens with two attached hydrogens (primary N) is 1. The second-order valence-corrected chi connectivity index (χ2v) is 5.46. The maximum Gasteiger partial charge on any atom is 0.263 e. The molecular weight excluding hydrogens is 270 g/mol. The molecule has 0 fully saturated rings. The fraction of sp³-hybridized carbons (Fsp3) is 0.647. The molecule has 0 amide bonds. The zero-order valence-corrected chi connectivity index (χ0v) is 13.2. The van der Waals surface area contributed by atoms with Crippen molar-refractivity contribution in [1.29, 1.82) is 0 Å². The Bertz CT molecular complexity index is 371. The van der Waals surface area contributed by atoms with Crippen LogP contribution in [0, 0.1) is 0 Å². The van der Waals surface area contributed by atoms with E-state index in [-0.39, 0.29) is 11.6 Å². The minimum Gasteiger partial charge on any atom is -0.329 e. The van der Waals surface area contributed by atoms with Gasteiger partial charge in [0.05, 0.1) is 0 Å². The standard InChI is InChI=1S/C17H28F2N2/c1-3-5-11-21(12-6-4-2)16(13-20)14-7-9-15(10-8-14)17(18)19/h7-10,16-17H,3-6,11-13,20H2,1-2H3. The smallest absolute Gasteiger partial charge is 0.263 e. The van der Waals surface area contributed by atoms with Crippen molar-refractivity contribution in [1.82, 2.24) is 4.90 Å². The number of nitrogens with zero attached hydrogens (tertiary/aromatic N) is 1. The number of halogens is 2. The molecule has 4 heteroatoms. The number of benzene rings is 1. The summed E-state index contributed by atoms with van der Waals surface area (Å²) in [6, 6.07) is 6.74. The minimum absolute atomic E-state index is 0.0724. The van der Waals surface area contributed by atoms with Crippen molar-refractivity contribution in [3.05, 3.63) is 35.4 Å². The molecule has 1 aromatic rings. The third kappa shape index (κ3) is 5.71. The van der Waals surface area contributed by atoms with E-state index in [0.717, 1.165) is 44.3 Å². The summed E-state index contributed by atoms with van der Waals surface area (Å²) in [7, 11) is 0. The van der Waals surface area contributed by atoms with Crippen molar-refractivity contribution in [2.45, 2.75) is 52.0 Å². The van der Waals surface area contributed by atoms with Crippen LogP contribution in [0.25, 0.3) is 0 Å². The van der Waals surface area contributed by atoms with Crippen LogP contribution in [0.3, 0.4) is 0 Å². The average molecular weight is 298 g/mol. The highest BCUT2D eigenvalue weighted by Gasteiger charge is 2.18. The van der Waals surface area contributed by atoms with Crippen molar-refractivity contribution >= 4 is 0 Å². The molecule has 0 radical (unpaired) electrons. The van der Waals surface area contributed by atoms with Gasteiger partial charge in [0.2, 0.25) is 0 Å². The number of rotatable bonds is 10. The predicted octanol–water partition coefficient (Wildman–Crippen LogP) is 4.53. The number of hydrogen-bond donors (Lipinski definition) is 1. The van der Waals surface area contributed by atoms with Crippen LogP contribution in [0.5, 0.6) is 0 Å². The molecule has 2 N–H and O–H groups in total. The topological polar surface area (TPSA) is 29.3 Å². The van der Waals surface area contributed by atoms with E-state index in [4.69, 9.17) is 5.73 Å². The highest BCUT2D eigenvalue weighted by atomic mass is 19.3. The second-order valence-electron chi connectivity index (χ2n) is 5.46. The highest BCUT2D eigenvalue weighted by Crippen LogP contribution is 2.24. The zero-order valence-electron chi connectivity index (χ0n) is 13.2. The first-order chi connectivity index (χ1) is 10.1. The summed E-state index contributed by atoms with van der Waals surface area (Å²) in [6.07, 6.45) is 2.14. The van der Waals surface area contributed by atoms with Gasteiger partial charge in [-0.05, 0) is 31.5 Å². The van der Waals surface area contributed by atoms with Gasteiger partial charge < -0.3 is 5.73 Å². The molecule has 120 valence electrons. The van der Waals surface area contributed by atoms with Crippen LogP contribution in [0.15, 0.2) is 24.3 Å². The Labute approximate surface area is 127 Å². The third-order valence-electron chi connectivity index (χ3n) is 3.84. The molecule has 21 heavy (non-hydrogen) atoms. The average Bonchev–Trinajstić information content (AvgIpc) is 2.50. The van der Waals surface area contributed by atoms with E-state index in [2.05, 4.69) is 18.7 Å². The summed E-state index contributed by atoms with van der Waals surface area (Å²) in [5, 5.41) is 0. The molecule has 0 aromatic heterocycles. The Balaban J connectivity index is 2.84. The lowest BCUT2D eigenvalue weighted by Gasteiger charge is -2.31. The van der Waals surface area contributed by atoms with Crippen molar-refractivity contribution in [3.63, 3.8) is 0 Å². The summed E-state index contributed by atoms with van der Waals surface area (Å²) in [4.78, 5) is 2.39. The van der Waals surface area contributed by atoms with Crippen LogP contribution < -0.4 is 5.73 Å². The molecule has 2 nitrogen and oxygen atoms in total. The molecule has 0 saturated heterocycles. The van der Waals surface area contributed by atoms with Crippen LogP contribution >= 0.6 is 0 Å². The SMILES string of the molecule is CCCCN(CCCC)C(CN)c1ccc(C(F)F)cc1. The summed E-state index contributed by atoms with van der Waals surface area (Å²) in [5.41, 5.74) is 7.07. The molecule has 0 bridgehead atoms. The van der Waals surface area contributed by atoms with Crippen LogP contribution in [-0.4, -0.2) is 24.5 Å². The summed E-state index contributed by atoms with van der Waals surface area (Å²) < 4.78 is 25.3. The molecule has 0 heterocycles. The van der Waals surface area contributed by atoms with Crippen molar-refractivity contribution in [2.75, 3.05) is 19.6 Å². The first kappa shape index (κ1) is 18.1. The van der Waals surface area contributed by atoms with E-state index in [1.165, 1.54) is 12.1 Å². The largest absolute Gasteiger partial charge is 0.329 e. The molecule has 0 aliphatic rings. The Kier molecular flexibility index (Phi) is 8.47. The van der Waals surface area contributed by atoms with E-state index in [1.807, 2.05) is 0 Å². The first-order valence-electron chi connectivity index (χ1n) is 7.96. The quantitative estimate of drug-likeness (QED) is 0.688. The predicted molar refractivity (Wildman–Crippen MR) is 84.6 cm³/mol. The maximum atomic E-state index is 12.6. The van der Waals surface area contributed by atoms with Crippen molar-refractivity contribution in [2.24, 2.45) is 5.73 Å². The van der Waals surface area contributed by atoms with E-state index >= 15 is 0 Å². The van der Waals surface area contributed by atoms with Gasteiger partial charge in [-0.15, -0.1) is 0 Å². The van der Waals surface area contributed by atoms with Crippen molar-refractivity contribution < 1.29 is 8.78 Å². The number of hydrogen-bond acceptors (Lipinski definition) is 2. The molecule has 0 aliphatic carbocycles. The number of alkyl halides is 2. The van der Waals surface area contributed by atoms with E-state index < -0.39 is 6.43 Å². The first-order valence-corrected chi connectivity index (χ1v) is 7.96. The molecular formula is C17H28F2N2. The molecule has 0 aliphatic heterocycles. The van der Waals surface area contributed by atoms with Crippen LogP contribution in [0.4, 0.5) is 8.78 Å². The Morgan fingerprint density at radius 3 is 1.81 bits per heavy atom. The monoisotopic (exact) mass is 298 g/mol. The normalized spacial score (nSPS) is 13.1. The second kappa shape index (κ2) is 9.85. The number of unbranched alkanes of at least 4 members (excludes halogenated alkanes) is 2. The van der Waals surface area contributed by atoms with E-state index in [0.29, 0.717) is 6.54 Å². The van der Waals surface area contributed by atoms with E-state index in [1.54, 1.807) is 12.1 Å². The maximum absolute atomic E-state index is 12.6. The molecule has 1 atom stereocenters. The molecule has 0 saturated carbocycles. The van der Waals surface area contributed by atoms with Crippen molar-refractivity contribution in [3.8, 4) is 0 Å².